The lowest BCUT2D eigenvalue weighted by atomic mass is 9.97. The highest BCUT2D eigenvalue weighted by atomic mass is 32.1. The Morgan fingerprint density at radius 2 is 2.42 bits per heavy atom. The molecule has 0 unspecified atom stereocenters. The molecule has 0 bridgehead atoms. The first-order chi connectivity index (χ1) is 11.7. The maximum atomic E-state index is 13.7. The molecule has 2 atom stereocenters. The number of anilines is 1. The zero-order valence-electron chi connectivity index (χ0n) is 13.1. The molecule has 0 aromatic carbocycles. The lowest BCUT2D eigenvalue weighted by Crippen LogP contribution is -2.36. The number of nitrogens with one attached hydrogen (secondary N) is 1. The van der Waals surface area contributed by atoms with Gasteiger partial charge >= 0.3 is 0 Å². The van der Waals surface area contributed by atoms with Gasteiger partial charge in [-0.25, -0.2) is 9.37 Å². The van der Waals surface area contributed by atoms with Gasteiger partial charge in [0.25, 0.3) is 5.91 Å². The Hall–Kier alpha value is -1.99. The van der Waals surface area contributed by atoms with Crippen molar-refractivity contribution in [1.29, 1.82) is 0 Å². The molecule has 0 aliphatic carbocycles. The number of rotatable bonds is 3. The summed E-state index contributed by atoms with van der Waals surface area (Å²) in [6, 6.07) is 4.81. The molecule has 2 fully saturated rings. The molecule has 2 aliphatic rings. The van der Waals surface area contributed by atoms with Gasteiger partial charge in [0.05, 0.1) is 30.4 Å². The van der Waals surface area contributed by atoms with Crippen molar-refractivity contribution in [2.24, 2.45) is 0 Å². The van der Waals surface area contributed by atoms with E-state index < -0.39 is 0 Å². The number of pyridine rings is 1. The van der Waals surface area contributed by atoms with Gasteiger partial charge in [0.1, 0.15) is 0 Å². The monoisotopic (exact) mass is 347 g/mol. The van der Waals surface area contributed by atoms with E-state index in [1.54, 1.807) is 12.3 Å². The van der Waals surface area contributed by atoms with Gasteiger partial charge in [-0.05, 0) is 30.0 Å². The van der Waals surface area contributed by atoms with Crippen LogP contribution in [0.5, 0.6) is 0 Å². The van der Waals surface area contributed by atoms with Crippen LogP contribution in [0.25, 0.3) is 0 Å². The van der Waals surface area contributed by atoms with Gasteiger partial charge in [0.15, 0.2) is 11.6 Å². The third kappa shape index (κ3) is 2.89. The van der Waals surface area contributed by atoms with E-state index in [0.717, 1.165) is 18.4 Å². The number of halogens is 1. The highest BCUT2D eigenvalue weighted by Crippen LogP contribution is 2.36. The van der Waals surface area contributed by atoms with Gasteiger partial charge in [-0.3, -0.25) is 4.79 Å². The average molecular weight is 347 g/mol. The smallest absolute Gasteiger partial charge is 0.254 e. The van der Waals surface area contributed by atoms with Crippen LogP contribution < -0.4 is 5.32 Å². The molecular formula is C17H18FN3O2S. The van der Waals surface area contributed by atoms with E-state index in [2.05, 4.69) is 10.3 Å². The second-order valence-corrected chi connectivity index (χ2v) is 7.14. The molecule has 5 nitrogen and oxygen atoms in total. The zero-order valence-corrected chi connectivity index (χ0v) is 13.9. The molecule has 1 N–H and O–H groups in total. The van der Waals surface area contributed by atoms with E-state index in [9.17, 15) is 9.18 Å². The minimum Gasteiger partial charge on any atom is -0.371 e. The number of aromatic nitrogens is 1. The molecule has 0 radical (unpaired) electrons. The SMILES string of the molecule is O=C(c1ccsc1)N1CC[C@]2(C[C@@H](Nc3ncccc3F)CO2)C1. The molecule has 126 valence electrons. The Balaban J connectivity index is 1.40. The molecule has 2 aliphatic heterocycles. The van der Waals surface area contributed by atoms with Crippen molar-refractivity contribution >= 4 is 23.1 Å². The van der Waals surface area contributed by atoms with Crippen molar-refractivity contribution in [3.8, 4) is 0 Å². The molecule has 7 heteroatoms. The van der Waals surface area contributed by atoms with Gasteiger partial charge in [0, 0.05) is 24.5 Å². The van der Waals surface area contributed by atoms with E-state index in [1.165, 1.54) is 17.4 Å². The second-order valence-electron chi connectivity index (χ2n) is 6.36. The van der Waals surface area contributed by atoms with Crippen LogP contribution in [0, 0.1) is 5.82 Å². The van der Waals surface area contributed by atoms with Crippen molar-refractivity contribution in [2.75, 3.05) is 25.0 Å². The largest absolute Gasteiger partial charge is 0.371 e. The number of carbonyl (C=O) groups excluding carboxylic acids is 1. The molecule has 1 spiro atoms. The summed E-state index contributed by atoms with van der Waals surface area (Å²) in [6.07, 6.45) is 3.12. The van der Waals surface area contributed by atoms with Crippen LogP contribution >= 0.6 is 11.3 Å². The van der Waals surface area contributed by atoms with Gasteiger partial charge < -0.3 is 15.0 Å². The maximum absolute atomic E-state index is 13.7. The summed E-state index contributed by atoms with van der Waals surface area (Å²) in [5.74, 6) is -0.0459. The first-order valence-electron chi connectivity index (χ1n) is 7.98. The molecule has 4 rings (SSSR count). The summed E-state index contributed by atoms with van der Waals surface area (Å²) in [7, 11) is 0. The van der Waals surface area contributed by atoms with E-state index in [0.29, 0.717) is 19.7 Å². The maximum Gasteiger partial charge on any atom is 0.254 e. The van der Waals surface area contributed by atoms with E-state index in [-0.39, 0.29) is 29.2 Å². The second kappa shape index (κ2) is 6.14. The molecule has 2 saturated heterocycles. The number of likely N-dealkylation sites (tertiary alicyclic amines) is 1. The van der Waals surface area contributed by atoms with E-state index in [4.69, 9.17) is 4.74 Å². The van der Waals surface area contributed by atoms with Gasteiger partial charge in [-0.2, -0.15) is 11.3 Å². The predicted octanol–water partition coefficient (Wildman–Crippen LogP) is 2.77. The van der Waals surface area contributed by atoms with E-state index >= 15 is 0 Å². The number of carbonyl (C=O) groups is 1. The highest BCUT2D eigenvalue weighted by molar-refractivity contribution is 7.08. The Morgan fingerprint density at radius 1 is 1.50 bits per heavy atom. The standard InChI is InChI=1S/C17H18FN3O2S/c18-14-2-1-5-19-15(14)20-13-8-17(23-9-13)4-6-21(11-17)16(22)12-3-7-24-10-12/h1-3,5,7,10,13H,4,6,8-9,11H2,(H,19,20)/t13-,17+/m1/s1. The van der Waals surface area contributed by atoms with Crippen molar-refractivity contribution in [1.82, 2.24) is 9.88 Å². The van der Waals surface area contributed by atoms with Crippen molar-refractivity contribution in [2.45, 2.75) is 24.5 Å². The van der Waals surface area contributed by atoms with Crippen LogP contribution in [0.1, 0.15) is 23.2 Å². The Bertz CT molecular complexity index is 739. The third-order valence-corrected chi connectivity index (χ3v) is 5.36. The number of hydrogen-bond acceptors (Lipinski definition) is 5. The molecule has 0 saturated carbocycles. The van der Waals surface area contributed by atoms with Crippen LogP contribution in [0.3, 0.4) is 0 Å². The lowest BCUT2D eigenvalue weighted by molar-refractivity contribution is 0.0125. The summed E-state index contributed by atoms with van der Waals surface area (Å²) in [6.45, 7) is 1.78. The van der Waals surface area contributed by atoms with Crippen molar-refractivity contribution in [3.05, 3.63) is 46.5 Å². The number of hydrogen-bond donors (Lipinski definition) is 1. The number of amides is 1. The van der Waals surface area contributed by atoms with Gasteiger partial charge in [-0.15, -0.1) is 0 Å². The first-order valence-corrected chi connectivity index (χ1v) is 8.92. The molecule has 4 heterocycles. The fourth-order valence-corrected chi connectivity index (χ4v) is 4.12. The van der Waals surface area contributed by atoms with Crippen LogP contribution in [-0.4, -0.2) is 47.1 Å². The minimum absolute atomic E-state index is 0.00518. The molecule has 24 heavy (non-hydrogen) atoms. The lowest BCUT2D eigenvalue weighted by Gasteiger charge is -2.23. The summed E-state index contributed by atoms with van der Waals surface area (Å²) < 4.78 is 19.7. The summed E-state index contributed by atoms with van der Waals surface area (Å²) in [5, 5.41) is 6.90. The molecule has 2 aromatic rings. The molecular weight excluding hydrogens is 329 g/mol. The first kappa shape index (κ1) is 15.5. The summed E-state index contributed by atoms with van der Waals surface area (Å²) in [5.41, 5.74) is 0.412. The van der Waals surface area contributed by atoms with Crippen molar-refractivity contribution in [3.63, 3.8) is 0 Å². The Morgan fingerprint density at radius 3 is 3.21 bits per heavy atom. The number of nitrogens with zero attached hydrogens (tertiary/aromatic N) is 2. The predicted molar refractivity (Wildman–Crippen MR) is 89.7 cm³/mol. The van der Waals surface area contributed by atoms with Gasteiger partial charge in [-0.1, -0.05) is 0 Å². The number of ether oxygens (including phenoxy) is 1. The van der Waals surface area contributed by atoms with Crippen molar-refractivity contribution < 1.29 is 13.9 Å². The quantitative estimate of drug-likeness (QED) is 0.928. The fourth-order valence-electron chi connectivity index (χ4n) is 3.49. The third-order valence-electron chi connectivity index (χ3n) is 4.68. The summed E-state index contributed by atoms with van der Waals surface area (Å²) >= 11 is 1.52. The van der Waals surface area contributed by atoms with Crippen LogP contribution in [-0.2, 0) is 4.74 Å². The van der Waals surface area contributed by atoms with Gasteiger partial charge in [0.2, 0.25) is 0 Å². The fraction of sp³-hybridized carbons (Fsp3) is 0.412. The zero-order chi connectivity index (χ0) is 16.6. The molecule has 1 amide bonds. The minimum atomic E-state index is -0.362. The van der Waals surface area contributed by atoms with Crippen LogP contribution in [0.2, 0.25) is 0 Å². The summed E-state index contributed by atoms with van der Waals surface area (Å²) in [4.78, 5) is 18.3. The molecule has 2 aromatic heterocycles. The topological polar surface area (TPSA) is 54.5 Å². The highest BCUT2D eigenvalue weighted by Gasteiger charge is 2.47. The van der Waals surface area contributed by atoms with E-state index in [1.807, 2.05) is 21.7 Å². The van der Waals surface area contributed by atoms with Crippen LogP contribution in [0.4, 0.5) is 10.2 Å². The normalized spacial score (nSPS) is 26.2. The number of thiophene rings is 1. The Labute approximate surface area is 143 Å². The average Bonchev–Trinajstić information content (AvgIpc) is 3.32. The van der Waals surface area contributed by atoms with Crippen LogP contribution in [0.15, 0.2) is 35.2 Å². The Kier molecular flexibility index (Phi) is 3.97.